The fourth-order valence-electron chi connectivity index (χ4n) is 3.03. The molecule has 0 aliphatic heterocycles. The van der Waals surface area contributed by atoms with Crippen molar-refractivity contribution in [3.8, 4) is 11.3 Å². The molecular formula is C24H26ClFN3O4. The zero-order chi connectivity index (χ0) is 23.8. The summed E-state index contributed by atoms with van der Waals surface area (Å²) >= 11 is 6.00. The van der Waals surface area contributed by atoms with E-state index >= 15 is 0 Å². The number of ether oxygens (including phenoxy) is 1. The van der Waals surface area contributed by atoms with Crippen molar-refractivity contribution in [1.82, 2.24) is 10.5 Å². The topological polar surface area (TPSA) is 98.7 Å². The lowest BCUT2D eigenvalue weighted by Crippen LogP contribution is -2.32. The van der Waals surface area contributed by atoms with Crippen LogP contribution in [0.25, 0.3) is 11.3 Å². The van der Waals surface area contributed by atoms with E-state index in [2.05, 4.69) is 15.8 Å². The zero-order valence-corrected chi connectivity index (χ0v) is 19.2. The highest BCUT2D eigenvalue weighted by Crippen LogP contribution is 2.22. The van der Waals surface area contributed by atoms with E-state index in [0.717, 1.165) is 5.56 Å². The van der Waals surface area contributed by atoms with Gasteiger partial charge >= 0.3 is 6.09 Å². The first-order valence-corrected chi connectivity index (χ1v) is 10.9. The summed E-state index contributed by atoms with van der Waals surface area (Å²) in [4.78, 5) is 12.3. The van der Waals surface area contributed by atoms with Crippen LogP contribution in [0.2, 0.25) is 5.02 Å². The number of anilines is 1. The Balaban J connectivity index is 1.55. The standard InChI is InChI=1S/C24H26ClFN3O4/c1-24(2,31)12-11-18(27-14-17-9-6-10-19(26)22(17)25)15-32-23(30)28-21-13-20(29-33-21)16-7-4-3-5-8-16/h3-10,13,18,31H,11-12,14-15H2,1-2H3,(H,28,30)/t18-/m0/s1. The van der Waals surface area contributed by atoms with Gasteiger partial charge in [0, 0.05) is 18.2 Å². The molecule has 2 aromatic carbocycles. The van der Waals surface area contributed by atoms with Crippen LogP contribution in [0.3, 0.4) is 0 Å². The molecule has 1 amide bonds. The normalized spacial score (nSPS) is 12.4. The van der Waals surface area contributed by atoms with Gasteiger partial charge in [-0.1, -0.05) is 59.2 Å². The second-order valence-electron chi connectivity index (χ2n) is 8.22. The van der Waals surface area contributed by atoms with E-state index in [1.807, 2.05) is 30.3 Å². The van der Waals surface area contributed by atoms with Crippen molar-refractivity contribution >= 4 is 23.6 Å². The van der Waals surface area contributed by atoms with Crippen LogP contribution in [0.5, 0.6) is 0 Å². The second kappa shape index (κ2) is 11.3. The number of nitrogens with one attached hydrogen (secondary N) is 1. The highest BCUT2D eigenvalue weighted by atomic mass is 35.5. The van der Waals surface area contributed by atoms with Gasteiger partial charge in [-0.2, -0.15) is 0 Å². The van der Waals surface area contributed by atoms with Crippen LogP contribution in [-0.2, 0) is 11.3 Å². The summed E-state index contributed by atoms with van der Waals surface area (Å²) in [5, 5.41) is 21.0. The van der Waals surface area contributed by atoms with E-state index in [4.69, 9.17) is 20.9 Å². The van der Waals surface area contributed by atoms with Crippen LogP contribution in [0.4, 0.5) is 15.1 Å². The Hall–Kier alpha value is -2.94. The highest BCUT2D eigenvalue weighted by molar-refractivity contribution is 6.31. The fourth-order valence-corrected chi connectivity index (χ4v) is 3.22. The molecule has 2 N–H and O–H groups in total. The number of rotatable bonds is 10. The molecule has 0 saturated heterocycles. The molecule has 175 valence electrons. The summed E-state index contributed by atoms with van der Waals surface area (Å²) in [5.41, 5.74) is 1.06. The van der Waals surface area contributed by atoms with Crippen molar-refractivity contribution in [2.24, 2.45) is 0 Å². The summed E-state index contributed by atoms with van der Waals surface area (Å²) in [6.45, 7) is 3.50. The van der Waals surface area contributed by atoms with Crippen LogP contribution < -0.4 is 10.6 Å². The van der Waals surface area contributed by atoms with Gasteiger partial charge in [-0.05, 0) is 38.3 Å². The Kier molecular flexibility index (Phi) is 8.43. The highest BCUT2D eigenvalue weighted by Gasteiger charge is 2.20. The average molecular weight is 475 g/mol. The van der Waals surface area contributed by atoms with Gasteiger partial charge in [0.25, 0.3) is 0 Å². The van der Waals surface area contributed by atoms with Gasteiger partial charge in [-0.3, -0.25) is 5.32 Å². The van der Waals surface area contributed by atoms with Gasteiger partial charge < -0.3 is 14.4 Å². The molecule has 0 aliphatic rings. The number of hydrogen-bond donors (Lipinski definition) is 2. The van der Waals surface area contributed by atoms with Crippen LogP contribution >= 0.6 is 11.6 Å². The largest absolute Gasteiger partial charge is 0.448 e. The van der Waals surface area contributed by atoms with Crippen molar-refractivity contribution in [3.05, 3.63) is 71.0 Å². The van der Waals surface area contributed by atoms with Crippen molar-refractivity contribution in [2.75, 3.05) is 11.9 Å². The molecule has 0 bridgehead atoms. The minimum absolute atomic E-state index is 0.0145. The molecule has 0 aliphatic carbocycles. The second-order valence-corrected chi connectivity index (χ2v) is 8.60. The van der Waals surface area contributed by atoms with Gasteiger partial charge in [0.2, 0.25) is 5.88 Å². The smallest absolute Gasteiger partial charge is 0.414 e. The summed E-state index contributed by atoms with van der Waals surface area (Å²) in [5.74, 6) is -0.370. The lowest BCUT2D eigenvalue weighted by Gasteiger charge is -2.22. The molecule has 9 heteroatoms. The molecule has 3 rings (SSSR count). The summed E-state index contributed by atoms with van der Waals surface area (Å²) in [7, 11) is 0. The lowest BCUT2D eigenvalue weighted by molar-refractivity contribution is 0.0609. The van der Waals surface area contributed by atoms with Gasteiger partial charge in [0.15, 0.2) is 0 Å². The summed E-state index contributed by atoms with van der Waals surface area (Å²) < 4.78 is 24.1. The SMILES string of the molecule is CC(C)(O)CC[C@@H](COC(=O)Nc1cc(-c2ccccc2)no1)[N]Cc1cccc(F)c1Cl. The number of benzene rings is 2. The third-order valence-electron chi connectivity index (χ3n) is 4.85. The van der Waals surface area contributed by atoms with Crippen molar-refractivity contribution in [2.45, 2.75) is 44.9 Å². The van der Waals surface area contributed by atoms with E-state index in [0.29, 0.717) is 24.1 Å². The number of carbonyl (C=O) groups is 1. The van der Waals surface area contributed by atoms with Crippen molar-refractivity contribution in [1.29, 1.82) is 0 Å². The molecule has 1 heterocycles. The Morgan fingerprint density at radius 1 is 1.27 bits per heavy atom. The van der Waals surface area contributed by atoms with Gasteiger partial charge in [0.1, 0.15) is 18.1 Å². The van der Waals surface area contributed by atoms with Gasteiger partial charge in [0.05, 0.1) is 16.7 Å². The Morgan fingerprint density at radius 3 is 2.76 bits per heavy atom. The number of nitrogens with zero attached hydrogens (tertiary/aromatic N) is 2. The molecule has 0 unspecified atom stereocenters. The Bertz CT molecular complexity index is 1050. The van der Waals surface area contributed by atoms with Gasteiger partial charge in [-0.25, -0.2) is 14.5 Å². The molecule has 1 aromatic heterocycles. The first-order valence-electron chi connectivity index (χ1n) is 10.5. The van der Waals surface area contributed by atoms with Crippen LogP contribution in [-0.4, -0.2) is 34.6 Å². The first kappa shape index (κ1) is 24.7. The van der Waals surface area contributed by atoms with E-state index < -0.39 is 23.6 Å². The predicted octanol–water partition coefficient (Wildman–Crippen LogP) is 5.41. The maximum Gasteiger partial charge on any atom is 0.414 e. The maximum atomic E-state index is 13.7. The molecule has 0 fully saturated rings. The third-order valence-corrected chi connectivity index (χ3v) is 5.28. The average Bonchev–Trinajstić information content (AvgIpc) is 3.24. The predicted molar refractivity (Wildman–Crippen MR) is 123 cm³/mol. The maximum absolute atomic E-state index is 13.7. The van der Waals surface area contributed by atoms with E-state index in [-0.39, 0.29) is 24.1 Å². The zero-order valence-electron chi connectivity index (χ0n) is 18.4. The first-order chi connectivity index (χ1) is 15.7. The molecule has 3 aromatic rings. The third kappa shape index (κ3) is 7.85. The van der Waals surface area contributed by atoms with Crippen LogP contribution in [0, 0.1) is 5.82 Å². The van der Waals surface area contributed by atoms with Crippen LogP contribution in [0.15, 0.2) is 59.1 Å². The van der Waals surface area contributed by atoms with Crippen LogP contribution in [0.1, 0.15) is 32.3 Å². The molecule has 0 spiro atoms. The molecule has 7 nitrogen and oxygen atoms in total. The van der Waals surface area contributed by atoms with Gasteiger partial charge in [-0.15, -0.1) is 0 Å². The van der Waals surface area contributed by atoms with E-state index in [9.17, 15) is 14.3 Å². The summed E-state index contributed by atoms with van der Waals surface area (Å²) in [6, 6.07) is 15.1. The Labute approximate surface area is 196 Å². The number of amides is 1. The monoisotopic (exact) mass is 474 g/mol. The number of aliphatic hydroxyl groups is 1. The fraction of sp³-hybridized carbons (Fsp3) is 0.333. The minimum Gasteiger partial charge on any atom is -0.448 e. The van der Waals surface area contributed by atoms with E-state index in [1.54, 1.807) is 32.0 Å². The molecule has 1 radical (unpaired) electrons. The number of aromatic nitrogens is 1. The van der Waals surface area contributed by atoms with Crippen molar-refractivity contribution in [3.63, 3.8) is 0 Å². The minimum atomic E-state index is -0.903. The Morgan fingerprint density at radius 2 is 2.03 bits per heavy atom. The van der Waals surface area contributed by atoms with E-state index in [1.165, 1.54) is 6.07 Å². The number of halogens is 2. The number of carbonyl (C=O) groups excluding carboxylic acids is 1. The summed E-state index contributed by atoms with van der Waals surface area (Å²) in [6.07, 6.45) is 0.174. The lowest BCUT2D eigenvalue weighted by atomic mass is 9.99. The van der Waals surface area contributed by atoms with Crippen molar-refractivity contribution < 1.29 is 23.6 Å². The number of hydrogen-bond acceptors (Lipinski definition) is 5. The quantitative estimate of drug-likeness (QED) is 0.409. The molecule has 33 heavy (non-hydrogen) atoms. The molecular weight excluding hydrogens is 449 g/mol. The molecule has 1 atom stereocenters. The molecule has 0 saturated carbocycles.